The fraction of sp³-hybridized carbons (Fsp3) is 0.632. The van der Waals surface area contributed by atoms with E-state index in [0.717, 1.165) is 37.0 Å². The fourth-order valence-corrected chi connectivity index (χ4v) is 3.99. The molecule has 2 rings (SSSR count). The molecule has 154 valence electrons. The van der Waals surface area contributed by atoms with E-state index < -0.39 is 10.0 Å². The molecule has 0 spiro atoms. The van der Waals surface area contributed by atoms with Crippen LogP contribution in [0, 0.1) is 5.92 Å². The van der Waals surface area contributed by atoms with E-state index in [2.05, 4.69) is 15.6 Å². The first-order valence-electron chi connectivity index (χ1n) is 9.63. The van der Waals surface area contributed by atoms with E-state index in [4.69, 9.17) is 5.14 Å². The van der Waals surface area contributed by atoms with Crippen molar-refractivity contribution in [2.75, 3.05) is 13.1 Å². The Morgan fingerprint density at radius 1 is 1.22 bits per heavy atom. The van der Waals surface area contributed by atoms with Gasteiger partial charge in [0.05, 0.1) is 11.4 Å². The molecular weight excluding hydrogens is 475 g/mol. The second-order valence-corrected chi connectivity index (χ2v) is 8.52. The van der Waals surface area contributed by atoms with Gasteiger partial charge in [-0.05, 0) is 43.4 Å². The molecule has 27 heavy (non-hydrogen) atoms. The molecule has 6 nitrogen and oxygen atoms in total. The highest BCUT2D eigenvalue weighted by molar-refractivity contribution is 14.0. The lowest BCUT2D eigenvalue weighted by Gasteiger charge is -2.21. The average Bonchev–Trinajstić information content (AvgIpc) is 2.63. The first-order valence-corrected chi connectivity index (χ1v) is 11.2. The van der Waals surface area contributed by atoms with Crippen LogP contribution in [0.5, 0.6) is 0 Å². The number of rotatable bonds is 8. The van der Waals surface area contributed by atoms with Gasteiger partial charge in [0.2, 0.25) is 10.0 Å². The maximum absolute atomic E-state index is 11.4. The summed E-state index contributed by atoms with van der Waals surface area (Å²) < 4.78 is 22.9. The summed E-state index contributed by atoms with van der Waals surface area (Å²) in [4.78, 5) is 4.67. The van der Waals surface area contributed by atoms with Crippen LogP contribution in [0.25, 0.3) is 0 Å². The Labute approximate surface area is 180 Å². The maximum Gasteiger partial charge on any atom is 0.238 e. The molecule has 0 bridgehead atoms. The molecule has 4 N–H and O–H groups in total. The molecule has 0 saturated heterocycles. The molecule has 1 fully saturated rings. The van der Waals surface area contributed by atoms with E-state index in [1.54, 1.807) is 12.1 Å². The van der Waals surface area contributed by atoms with E-state index in [1.807, 2.05) is 13.0 Å². The SMILES string of the molecule is CCNC(=NCc1cccc(S(N)(=O)=O)c1)NCCCC1CCCCC1.I. The second kappa shape index (κ2) is 12.6. The van der Waals surface area contributed by atoms with Crippen molar-refractivity contribution in [1.29, 1.82) is 0 Å². The lowest BCUT2D eigenvalue weighted by molar-refractivity contribution is 0.332. The summed E-state index contributed by atoms with van der Waals surface area (Å²) in [5, 5.41) is 11.8. The Kier molecular flexibility index (Phi) is 11.2. The van der Waals surface area contributed by atoms with Crippen molar-refractivity contribution in [3.05, 3.63) is 29.8 Å². The van der Waals surface area contributed by atoms with Crippen LogP contribution < -0.4 is 15.8 Å². The summed E-state index contributed by atoms with van der Waals surface area (Å²) in [6, 6.07) is 6.61. The van der Waals surface area contributed by atoms with Gasteiger partial charge in [-0.2, -0.15) is 0 Å². The van der Waals surface area contributed by atoms with Crippen molar-refractivity contribution in [1.82, 2.24) is 10.6 Å². The van der Waals surface area contributed by atoms with Crippen molar-refractivity contribution in [3.63, 3.8) is 0 Å². The first-order chi connectivity index (χ1) is 12.5. The first kappa shape index (κ1) is 24.2. The summed E-state index contributed by atoms with van der Waals surface area (Å²) in [6.45, 7) is 4.12. The van der Waals surface area contributed by atoms with Crippen molar-refractivity contribution in [2.24, 2.45) is 16.0 Å². The number of guanidine groups is 1. The topological polar surface area (TPSA) is 96.6 Å². The molecule has 1 aliphatic carbocycles. The Morgan fingerprint density at radius 3 is 2.63 bits per heavy atom. The molecule has 0 radical (unpaired) electrons. The number of hydrogen-bond donors (Lipinski definition) is 3. The van der Waals surface area contributed by atoms with Gasteiger partial charge in [0.15, 0.2) is 5.96 Å². The minimum atomic E-state index is -3.68. The summed E-state index contributed by atoms with van der Waals surface area (Å²) in [5.41, 5.74) is 0.816. The lowest BCUT2D eigenvalue weighted by Crippen LogP contribution is -2.37. The summed E-state index contributed by atoms with van der Waals surface area (Å²) >= 11 is 0. The molecule has 0 atom stereocenters. The van der Waals surface area contributed by atoms with Crippen LogP contribution in [-0.2, 0) is 16.6 Å². The van der Waals surface area contributed by atoms with E-state index in [-0.39, 0.29) is 28.9 Å². The Morgan fingerprint density at radius 2 is 1.96 bits per heavy atom. The van der Waals surface area contributed by atoms with Gasteiger partial charge in [-0.15, -0.1) is 24.0 Å². The number of benzene rings is 1. The van der Waals surface area contributed by atoms with Crippen LogP contribution in [0.2, 0.25) is 0 Å². The zero-order chi connectivity index (χ0) is 18.8. The number of halogens is 1. The molecule has 0 aromatic heterocycles. The minimum Gasteiger partial charge on any atom is -0.357 e. The quantitative estimate of drug-likeness (QED) is 0.217. The molecule has 1 aromatic rings. The highest BCUT2D eigenvalue weighted by Crippen LogP contribution is 2.26. The Hall–Kier alpha value is -0.870. The molecule has 1 aliphatic rings. The molecular formula is C19H33IN4O2S. The van der Waals surface area contributed by atoms with Crippen molar-refractivity contribution < 1.29 is 8.42 Å². The van der Waals surface area contributed by atoms with Gasteiger partial charge in [-0.25, -0.2) is 18.5 Å². The number of nitrogens with two attached hydrogens (primary N) is 1. The maximum atomic E-state index is 11.4. The van der Waals surface area contributed by atoms with Gasteiger partial charge in [0, 0.05) is 13.1 Å². The van der Waals surface area contributed by atoms with Crippen molar-refractivity contribution >= 4 is 40.0 Å². The monoisotopic (exact) mass is 508 g/mol. The zero-order valence-corrected chi connectivity index (χ0v) is 19.3. The Balaban J connectivity index is 0.00000364. The van der Waals surface area contributed by atoms with Gasteiger partial charge < -0.3 is 10.6 Å². The van der Waals surface area contributed by atoms with E-state index in [1.165, 1.54) is 44.6 Å². The van der Waals surface area contributed by atoms with E-state index >= 15 is 0 Å². The molecule has 1 aromatic carbocycles. The fourth-order valence-electron chi connectivity index (χ4n) is 3.41. The number of nitrogens with zero attached hydrogens (tertiary/aromatic N) is 1. The zero-order valence-electron chi connectivity index (χ0n) is 16.1. The normalized spacial score (nSPS) is 15.9. The lowest BCUT2D eigenvalue weighted by atomic mass is 9.86. The second-order valence-electron chi connectivity index (χ2n) is 6.96. The third kappa shape index (κ3) is 9.25. The number of hydrogen-bond acceptors (Lipinski definition) is 3. The predicted molar refractivity (Wildman–Crippen MR) is 122 cm³/mol. The molecule has 0 unspecified atom stereocenters. The van der Waals surface area contributed by atoms with E-state index in [0.29, 0.717) is 6.54 Å². The summed E-state index contributed by atoms with van der Waals surface area (Å²) in [5.74, 6) is 1.66. The van der Waals surface area contributed by atoms with Gasteiger partial charge in [-0.3, -0.25) is 0 Å². The van der Waals surface area contributed by atoms with Crippen LogP contribution in [0.3, 0.4) is 0 Å². The van der Waals surface area contributed by atoms with Crippen LogP contribution in [-0.4, -0.2) is 27.5 Å². The van der Waals surface area contributed by atoms with Crippen LogP contribution >= 0.6 is 24.0 Å². The predicted octanol–water partition coefficient (Wildman–Crippen LogP) is 3.37. The molecule has 8 heteroatoms. The third-order valence-corrected chi connectivity index (χ3v) is 5.71. The summed E-state index contributed by atoms with van der Waals surface area (Å²) in [7, 11) is -3.68. The van der Waals surface area contributed by atoms with Crippen molar-refractivity contribution in [3.8, 4) is 0 Å². The van der Waals surface area contributed by atoms with Crippen LogP contribution in [0.1, 0.15) is 57.4 Å². The number of aliphatic imine (C=N–C) groups is 1. The van der Waals surface area contributed by atoms with E-state index in [9.17, 15) is 8.42 Å². The minimum absolute atomic E-state index is 0. The third-order valence-electron chi connectivity index (χ3n) is 4.80. The molecule has 0 amide bonds. The van der Waals surface area contributed by atoms with Crippen LogP contribution in [0.15, 0.2) is 34.2 Å². The molecule has 0 aliphatic heterocycles. The van der Waals surface area contributed by atoms with Crippen LogP contribution in [0.4, 0.5) is 0 Å². The van der Waals surface area contributed by atoms with Gasteiger partial charge in [-0.1, -0.05) is 44.2 Å². The summed E-state index contributed by atoms with van der Waals surface area (Å²) in [6.07, 6.45) is 9.38. The Bertz CT molecular complexity index is 689. The van der Waals surface area contributed by atoms with Gasteiger partial charge in [0.1, 0.15) is 0 Å². The number of primary sulfonamides is 1. The highest BCUT2D eigenvalue weighted by atomic mass is 127. The van der Waals surface area contributed by atoms with Gasteiger partial charge in [0.25, 0.3) is 0 Å². The molecule has 0 heterocycles. The van der Waals surface area contributed by atoms with Gasteiger partial charge >= 0.3 is 0 Å². The highest BCUT2D eigenvalue weighted by Gasteiger charge is 2.12. The standard InChI is InChI=1S/C19H32N4O2S.HI/c1-2-21-19(22-13-7-11-16-8-4-3-5-9-16)23-15-17-10-6-12-18(14-17)26(20,24)25;/h6,10,12,14,16H,2-5,7-9,11,13,15H2,1H3,(H2,20,24,25)(H2,21,22,23);1H. The molecule has 1 saturated carbocycles. The number of sulfonamides is 1. The van der Waals surface area contributed by atoms with Crippen molar-refractivity contribution in [2.45, 2.75) is 63.3 Å². The smallest absolute Gasteiger partial charge is 0.238 e. The number of nitrogens with one attached hydrogen (secondary N) is 2. The average molecular weight is 508 g/mol. The largest absolute Gasteiger partial charge is 0.357 e.